The summed E-state index contributed by atoms with van der Waals surface area (Å²) in [5.74, 6) is 0.492. The van der Waals surface area contributed by atoms with Gasteiger partial charge in [-0.1, -0.05) is 32.9 Å². The molecule has 0 saturated heterocycles. The van der Waals surface area contributed by atoms with Gasteiger partial charge in [0.15, 0.2) is 0 Å². The van der Waals surface area contributed by atoms with Gasteiger partial charge in [-0.2, -0.15) is 0 Å². The summed E-state index contributed by atoms with van der Waals surface area (Å²) in [6.07, 6.45) is 6.09. The van der Waals surface area contributed by atoms with Gasteiger partial charge in [-0.25, -0.2) is 9.97 Å². The summed E-state index contributed by atoms with van der Waals surface area (Å²) < 4.78 is 0. The van der Waals surface area contributed by atoms with Gasteiger partial charge < -0.3 is 10.2 Å². The van der Waals surface area contributed by atoms with Crippen molar-refractivity contribution < 1.29 is 4.79 Å². The second-order valence-corrected chi connectivity index (χ2v) is 5.76. The fraction of sp³-hybridized carbons (Fsp3) is 0.421. The van der Waals surface area contributed by atoms with Crippen molar-refractivity contribution in [2.75, 3.05) is 18.4 Å². The number of carbonyl (C=O) groups excluding carboxylic acids is 1. The molecule has 24 heavy (non-hydrogen) atoms. The Kier molecular flexibility index (Phi) is 6.73. The van der Waals surface area contributed by atoms with Gasteiger partial charge >= 0.3 is 0 Å². The maximum absolute atomic E-state index is 12.5. The van der Waals surface area contributed by atoms with E-state index in [1.807, 2.05) is 17.0 Å². The zero-order valence-electron chi connectivity index (χ0n) is 14.7. The molecule has 1 N–H and O–H groups in total. The molecule has 0 fully saturated rings. The van der Waals surface area contributed by atoms with Gasteiger partial charge in [0.25, 0.3) is 5.91 Å². The number of amides is 1. The van der Waals surface area contributed by atoms with Crippen LogP contribution in [0.1, 0.15) is 49.5 Å². The first-order valence-electron chi connectivity index (χ1n) is 8.65. The first-order valence-corrected chi connectivity index (χ1v) is 8.65. The Morgan fingerprint density at radius 2 is 1.58 bits per heavy atom. The summed E-state index contributed by atoms with van der Waals surface area (Å²) in [6, 6.07) is 8.16. The number of benzene rings is 1. The quantitative estimate of drug-likeness (QED) is 0.795. The number of anilines is 2. The summed E-state index contributed by atoms with van der Waals surface area (Å²) in [5, 5.41) is 3.15. The Hall–Kier alpha value is -2.43. The van der Waals surface area contributed by atoms with Crippen molar-refractivity contribution in [3.8, 4) is 0 Å². The Morgan fingerprint density at radius 3 is 2.08 bits per heavy atom. The summed E-state index contributed by atoms with van der Waals surface area (Å²) in [7, 11) is 0. The molecule has 0 atom stereocenters. The monoisotopic (exact) mass is 326 g/mol. The van der Waals surface area contributed by atoms with E-state index in [4.69, 9.17) is 0 Å². The number of hydrogen-bond donors (Lipinski definition) is 1. The Labute approximate surface area is 144 Å². The Morgan fingerprint density at radius 1 is 1.00 bits per heavy atom. The summed E-state index contributed by atoms with van der Waals surface area (Å²) in [5.41, 5.74) is 2.75. The van der Waals surface area contributed by atoms with Crippen LogP contribution < -0.4 is 5.32 Å². The molecule has 0 aliphatic carbocycles. The summed E-state index contributed by atoms with van der Waals surface area (Å²) in [4.78, 5) is 22.9. The molecule has 0 aliphatic heterocycles. The van der Waals surface area contributed by atoms with E-state index in [2.05, 4.69) is 48.2 Å². The molecule has 1 aromatic carbocycles. The molecule has 128 valence electrons. The highest BCUT2D eigenvalue weighted by Gasteiger charge is 2.15. The highest BCUT2D eigenvalue weighted by Crippen LogP contribution is 2.14. The lowest BCUT2D eigenvalue weighted by atomic mass is 10.1. The van der Waals surface area contributed by atoms with Crippen LogP contribution in [0, 0.1) is 0 Å². The predicted octanol–water partition coefficient (Wildman–Crippen LogP) is 4.04. The second-order valence-electron chi connectivity index (χ2n) is 5.76. The molecule has 5 nitrogen and oxygen atoms in total. The molecular weight excluding hydrogens is 300 g/mol. The molecule has 5 heteroatoms. The lowest BCUT2D eigenvalue weighted by Gasteiger charge is -2.21. The van der Waals surface area contributed by atoms with Crippen molar-refractivity contribution in [2.45, 2.75) is 40.0 Å². The number of hydrogen-bond acceptors (Lipinski definition) is 4. The van der Waals surface area contributed by atoms with E-state index in [9.17, 15) is 4.79 Å². The zero-order chi connectivity index (χ0) is 17.4. The predicted molar refractivity (Wildman–Crippen MR) is 97.6 cm³/mol. The highest BCUT2D eigenvalue weighted by atomic mass is 16.2. The first-order chi connectivity index (χ1) is 11.7. The molecule has 1 aromatic heterocycles. The van der Waals surface area contributed by atoms with Crippen LogP contribution in [0.4, 0.5) is 11.6 Å². The van der Waals surface area contributed by atoms with Crippen LogP contribution >= 0.6 is 0 Å². The first kappa shape index (κ1) is 17.9. The molecule has 1 amide bonds. The Balaban J connectivity index is 2.04. The van der Waals surface area contributed by atoms with E-state index in [1.165, 1.54) is 5.56 Å². The molecular formula is C19H26N4O. The maximum atomic E-state index is 12.5. The molecule has 1 heterocycles. The van der Waals surface area contributed by atoms with E-state index in [1.54, 1.807) is 12.4 Å². The number of nitrogens with one attached hydrogen (secondary N) is 1. The van der Waals surface area contributed by atoms with Crippen molar-refractivity contribution in [3.05, 3.63) is 47.8 Å². The standard InChI is InChI=1S/C19H26N4O/c1-4-11-23(12-5-2)18(24)16-13-20-19(21-14-16)22-17-9-7-15(6-3)8-10-17/h7-10,13-14H,4-6,11-12H2,1-3H3,(H,20,21,22). The van der Waals surface area contributed by atoms with E-state index < -0.39 is 0 Å². The lowest BCUT2D eigenvalue weighted by Crippen LogP contribution is -2.32. The van der Waals surface area contributed by atoms with Crippen LogP contribution in [0.2, 0.25) is 0 Å². The summed E-state index contributed by atoms with van der Waals surface area (Å²) in [6.45, 7) is 7.79. The topological polar surface area (TPSA) is 58.1 Å². The third-order valence-electron chi connectivity index (χ3n) is 3.79. The van der Waals surface area contributed by atoms with Crippen molar-refractivity contribution in [1.29, 1.82) is 0 Å². The van der Waals surface area contributed by atoms with Gasteiger partial charge in [-0.3, -0.25) is 4.79 Å². The van der Waals surface area contributed by atoms with Crippen LogP contribution in [-0.4, -0.2) is 33.9 Å². The van der Waals surface area contributed by atoms with Gasteiger partial charge in [0.05, 0.1) is 5.56 Å². The van der Waals surface area contributed by atoms with E-state index >= 15 is 0 Å². The molecule has 0 radical (unpaired) electrons. The van der Waals surface area contributed by atoms with E-state index in [-0.39, 0.29) is 5.91 Å². The average molecular weight is 326 g/mol. The molecule has 0 aliphatic rings. The third-order valence-corrected chi connectivity index (χ3v) is 3.79. The van der Waals surface area contributed by atoms with E-state index in [0.29, 0.717) is 11.5 Å². The zero-order valence-corrected chi connectivity index (χ0v) is 14.7. The maximum Gasteiger partial charge on any atom is 0.256 e. The van der Waals surface area contributed by atoms with Crippen LogP contribution in [0.15, 0.2) is 36.7 Å². The highest BCUT2D eigenvalue weighted by molar-refractivity contribution is 5.93. The third kappa shape index (κ3) is 4.78. The fourth-order valence-corrected chi connectivity index (χ4v) is 2.49. The van der Waals surface area contributed by atoms with Crippen molar-refractivity contribution in [2.24, 2.45) is 0 Å². The normalized spacial score (nSPS) is 10.5. The van der Waals surface area contributed by atoms with Crippen LogP contribution in [0.5, 0.6) is 0 Å². The molecule has 2 aromatic rings. The number of nitrogens with zero attached hydrogens (tertiary/aromatic N) is 3. The number of aryl methyl sites for hydroxylation is 1. The SMILES string of the molecule is CCCN(CCC)C(=O)c1cnc(Nc2ccc(CC)cc2)nc1. The smallest absolute Gasteiger partial charge is 0.256 e. The van der Waals surface area contributed by atoms with Gasteiger partial charge in [0, 0.05) is 31.2 Å². The van der Waals surface area contributed by atoms with Gasteiger partial charge in [-0.15, -0.1) is 0 Å². The minimum absolute atomic E-state index is 0.00227. The summed E-state index contributed by atoms with van der Waals surface area (Å²) >= 11 is 0. The van der Waals surface area contributed by atoms with Gasteiger partial charge in [-0.05, 0) is 37.0 Å². The van der Waals surface area contributed by atoms with Crippen molar-refractivity contribution >= 4 is 17.5 Å². The van der Waals surface area contributed by atoms with Gasteiger partial charge in [0.2, 0.25) is 5.95 Å². The van der Waals surface area contributed by atoms with Gasteiger partial charge in [0.1, 0.15) is 0 Å². The number of carbonyl (C=O) groups is 1. The lowest BCUT2D eigenvalue weighted by molar-refractivity contribution is 0.0755. The molecule has 0 unspecified atom stereocenters. The molecule has 0 spiro atoms. The largest absolute Gasteiger partial charge is 0.339 e. The second kappa shape index (κ2) is 9.01. The number of rotatable bonds is 8. The van der Waals surface area contributed by atoms with E-state index in [0.717, 1.165) is 38.0 Å². The fourth-order valence-electron chi connectivity index (χ4n) is 2.49. The van der Waals surface area contributed by atoms with Crippen LogP contribution in [-0.2, 0) is 6.42 Å². The molecule has 0 saturated carbocycles. The van der Waals surface area contributed by atoms with Crippen LogP contribution in [0.25, 0.3) is 0 Å². The minimum atomic E-state index is -0.00227. The van der Waals surface area contributed by atoms with Crippen molar-refractivity contribution in [3.63, 3.8) is 0 Å². The molecule has 0 bridgehead atoms. The minimum Gasteiger partial charge on any atom is -0.339 e. The number of aromatic nitrogens is 2. The van der Waals surface area contributed by atoms with Crippen molar-refractivity contribution in [1.82, 2.24) is 14.9 Å². The van der Waals surface area contributed by atoms with Crippen LogP contribution in [0.3, 0.4) is 0 Å². The average Bonchev–Trinajstić information content (AvgIpc) is 2.62. The Bertz CT molecular complexity index is 631. The molecule has 2 rings (SSSR count).